The largest absolute Gasteiger partial charge is 0.353 e. The highest BCUT2D eigenvalue weighted by Crippen LogP contribution is 2.48. The summed E-state index contributed by atoms with van der Waals surface area (Å²) in [5.74, 6) is -0.204. The second-order valence-electron chi connectivity index (χ2n) is 6.81. The predicted molar refractivity (Wildman–Crippen MR) is 110 cm³/mol. The Kier molecular flexibility index (Phi) is 6.09. The lowest BCUT2D eigenvalue weighted by atomic mass is 10.2. The molecular formula is C20H22ClN3O2S. The summed E-state index contributed by atoms with van der Waals surface area (Å²) in [6, 6.07) is 13.4. The van der Waals surface area contributed by atoms with Crippen LogP contribution in [0.2, 0.25) is 5.02 Å². The van der Waals surface area contributed by atoms with E-state index in [1.165, 1.54) is 0 Å². The van der Waals surface area contributed by atoms with Crippen LogP contribution in [0.4, 0.5) is 11.4 Å². The maximum atomic E-state index is 13.1. The monoisotopic (exact) mass is 403 g/mol. The predicted octanol–water partition coefficient (Wildman–Crippen LogP) is 3.93. The molecule has 5 nitrogen and oxygen atoms in total. The van der Waals surface area contributed by atoms with Crippen molar-refractivity contribution in [1.82, 2.24) is 10.2 Å². The van der Waals surface area contributed by atoms with Gasteiger partial charge in [-0.15, -0.1) is 0 Å². The van der Waals surface area contributed by atoms with Crippen LogP contribution >= 0.6 is 23.4 Å². The van der Waals surface area contributed by atoms with Crippen molar-refractivity contribution < 1.29 is 9.59 Å². The molecule has 1 aliphatic heterocycles. The molecule has 0 radical (unpaired) electrons. The van der Waals surface area contributed by atoms with Gasteiger partial charge in [0, 0.05) is 20.9 Å². The Morgan fingerprint density at radius 1 is 1.11 bits per heavy atom. The average molecular weight is 404 g/mol. The van der Waals surface area contributed by atoms with Crippen LogP contribution in [0.25, 0.3) is 0 Å². The van der Waals surface area contributed by atoms with E-state index < -0.39 is 0 Å². The zero-order valence-corrected chi connectivity index (χ0v) is 17.1. The normalized spacial score (nSPS) is 12.7. The molecule has 7 heteroatoms. The Bertz CT molecular complexity index is 872. The summed E-state index contributed by atoms with van der Waals surface area (Å²) in [5.41, 5.74) is 1.61. The number of carbonyl (C=O) groups is 2. The molecular weight excluding hydrogens is 382 g/mol. The summed E-state index contributed by atoms with van der Waals surface area (Å²) in [7, 11) is 1.77. The third-order valence-corrected chi connectivity index (χ3v) is 5.37. The maximum absolute atomic E-state index is 13.1. The van der Waals surface area contributed by atoms with Crippen LogP contribution in [0.15, 0.2) is 52.3 Å². The fourth-order valence-electron chi connectivity index (χ4n) is 2.97. The number of fused-ring (bicyclic) bond motifs is 2. The van der Waals surface area contributed by atoms with Gasteiger partial charge in [-0.3, -0.25) is 19.4 Å². The number of para-hydroxylation sites is 1. The Labute approximate surface area is 168 Å². The molecule has 1 N–H and O–H groups in total. The molecule has 27 heavy (non-hydrogen) atoms. The minimum Gasteiger partial charge on any atom is -0.353 e. The molecule has 142 valence electrons. The van der Waals surface area contributed by atoms with E-state index in [1.807, 2.05) is 56.3 Å². The molecule has 1 aliphatic rings. The first-order valence-corrected chi connectivity index (χ1v) is 9.92. The Morgan fingerprint density at radius 2 is 1.81 bits per heavy atom. The van der Waals surface area contributed by atoms with Crippen molar-refractivity contribution in [2.75, 3.05) is 25.0 Å². The van der Waals surface area contributed by atoms with Crippen molar-refractivity contribution in [3.05, 3.63) is 47.5 Å². The van der Waals surface area contributed by atoms with Crippen LogP contribution in [0.1, 0.15) is 13.8 Å². The third kappa shape index (κ3) is 4.64. The number of hydrogen-bond acceptors (Lipinski definition) is 4. The molecule has 0 aliphatic carbocycles. The molecule has 0 fully saturated rings. The first kappa shape index (κ1) is 19.7. The number of amides is 2. The van der Waals surface area contributed by atoms with E-state index in [-0.39, 0.29) is 30.9 Å². The van der Waals surface area contributed by atoms with Gasteiger partial charge in [0.1, 0.15) is 0 Å². The molecule has 0 atom stereocenters. The average Bonchev–Trinajstić information content (AvgIpc) is 2.58. The minimum atomic E-state index is -0.105. The first-order valence-electron chi connectivity index (χ1n) is 8.72. The van der Waals surface area contributed by atoms with Crippen molar-refractivity contribution >= 4 is 46.6 Å². The Balaban J connectivity index is 1.84. The zero-order chi connectivity index (χ0) is 19.6. The van der Waals surface area contributed by atoms with Gasteiger partial charge in [0.15, 0.2) is 0 Å². The number of carbonyl (C=O) groups excluding carboxylic acids is 2. The molecule has 0 saturated carbocycles. The van der Waals surface area contributed by atoms with Gasteiger partial charge in [0.25, 0.3) is 0 Å². The number of halogens is 1. The van der Waals surface area contributed by atoms with Crippen molar-refractivity contribution in [2.24, 2.45) is 0 Å². The number of nitrogens with one attached hydrogen (secondary N) is 1. The molecule has 0 bridgehead atoms. The lowest BCUT2D eigenvalue weighted by Crippen LogP contribution is -2.43. The molecule has 2 amide bonds. The maximum Gasteiger partial charge on any atom is 0.245 e. The lowest BCUT2D eigenvalue weighted by molar-refractivity contribution is -0.123. The van der Waals surface area contributed by atoms with Gasteiger partial charge in [0.2, 0.25) is 11.8 Å². The summed E-state index contributed by atoms with van der Waals surface area (Å²) in [5, 5.41) is 3.42. The van der Waals surface area contributed by atoms with E-state index in [4.69, 9.17) is 11.6 Å². The van der Waals surface area contributed by atoms with Crippen LogP contribution in [0, 0.1) is 0 Å². The highest BCUT2D eigenvalue weighted by atomic mass is 35.5. The standard InChI is InChI=1S/C20H22ClN3O2S/c1-13(2)22-19(25)11-23(3)12-20(26)24-15-6-4-5-7-17(15)27-18-9-8-14(21)10-16(18)24/h4-10,13H,11-12H2,1-3H3,(H,22,25). The van der Waals surface area contributed by atoms with Gasteiger partial charge in [-0.05, 0) is 51.2 Å². The smallest absolute Gasteiger partial charge is 0.245 e. The van der Waals surface area contributed by atoms with Gasteiger partial charge in [-0.25, -0.2) is 0 Å². The second-order valence-corrected chi connectivity index (χ2v) is 8.33. The number of anilines is 2. The number of hydrogen-bond donors (Lipinski definition) is 1. The summed E-state index contributed by atoms with van der Waals surface area (Å²) >= 11 is 7.80. The van der Waals surface area contributed by atoms with Gasteiger partial charge >= 0.3 is 0 Å². The molecule has 0 saturated heterocycles. The summed E-state index contributed by atoms with van der Waals surface area (Å²) in [4.78, 5) is 30.5. The van der Waals surface area contributed by atoms with E-state index in [0.717, 1.165) is 21.2 Å². The minimum absolute atomic E-state index is 0.0709. The zero-order valence-electron chi connectivity index (χ0n) is 15.5. The van der Waals surface area contributed by atoms with Gasteiger partial charge in [0.05, 0.1) is 24.5 Å². The van der Waals surface area contributed by atoms with Gasteiger partial charge in [-0.1, -0.05) is 35.5 Å². The van der Waals surface area contributed by atoms with Crippen LogP contribution in [-0.2, 0) is 9.59 Å². The summed E-state index contributed by atoms with van der Waals surface area (Å²) < 4.78 is 0. The Morgan fingerprint density at radius 3 is 2.56 bits per heavy atom. The SMILES string of the molecule is CC(C)NC(=O)CN(C)CC(=O)N1c2ccccc2Sc2ccc(Cl)cc21. The molecule has 2 aromatic carbocycles. The fourth-order valence-corrected chi connectivity index (χ4v) is 4.17. The van der Waals surface area contributed by atoms with Gasteiger partial charge in [-0.2, -0.15) is 0 Å². The van der Waals surface area contributed by atoms with Crippen molar-refractivity contribution in [2.45, 2.75) is 29.7 Å². The topological polar surface area (TPSA) is 52.7 Å². The lowest BCUT2D eigenvalue weighted by Gasteiger charge is -2.32. The molecule has 3 rings (SSSR count). The fraction of sp³-hybridized carbons (Fsp3) is 0.300. The van der Waals surface area contributed by atoms with Crippen molar-refractivity contribution in [1.29, 1.82) is 0 Å². The summed E-state index contributed by atoms with van der Waals surface area (Å²) in [6.07, 6.45) is 0. The molecule has 1 heterocycles. The van der Waals surface area contributed by atoms with E-state index in [2.05, 4.69) is 5.32 Å². The van der Waals surface area contributed by atoms with Crippen LogP contribution < -0.4 is 10.2 Å². The highest BCUT2D eigenvalue weighted by molar-refractivity contribution is 7.99. The van der Waals surface area contributed by atoms with E-state index in [9.17, 15) is 9.59 Å². The number of rotatable bonds is 5. The number of benzene rings is 2. The molecule has 0 unspecified atom stereocenters. The highest BCUT2D eigenvalue weighted by Gasteiger charge is 2.29. The van der Waals surface area contributed by atoms with Crippen molar-refractivity contribution in [3.63, 3.8) is 0 Å². The molecule has 0 spiro atoms. The Hall–Kier alpha value is -2.02. The van der Waals surface area contributed by atoms with E-state index >= 15 is 0 Å². The molecule has 2 aromatic rings. The summed E-state index contributed by atoms with van der Waals surface area (Å²) in [6.45, 7) is 4.10. The quantitative estimate of drug-likeness (QED) is 0.821. The van der Waals surface area contributed by atoms with E-state index in [1.54, 1.807) is 28.6 Å². The van der Waals surface area contributed by atoms with Crippen LogP contribution in [0.3, 0.4) is 0 Å². The van der Waals surface area contributed by atoms with Gasteiger partial charge < -0.3 is 5.32 Å². The third-order valence-electron chi connectivity index (χ3n) is 4.01. The van der Waals surface area contributed by atoms with Crippen molar-refractivity contribution in [3.8, 4) is 0 Å². The van der Waals surface area contributed by atoms with Crippen LogP contribution in [0.5, 0.6) is 0 Å². The number of nitrogens with zero attached hydrogens (tertiary/aromatic N) is 2. The number of likely N-dealkylation sites (N-methyl/N-ethyl adjacent to an activating group) is 1. The molecule has 0 aromatic heterocycles. The second kappa shape index (κ2) is 8.33. The van der Waals surface area contributed by atoms with E-state index in [0.29, 0.717) is 5.02 Å². The first-order chi connectivity index (χ1) is 12.8. The van der Waals surface area contributed by atoms with Crippen LogP contribution in [-0.4, -0.2) is 42.9 Å².